The minimum absolute atomic E-state index is 0.280. The summed E-state index contributed by atoms with van der Waals surface area (Å²) in [6.45, 7) is 8.17. The van der Waals surface area contributed by atoms with Crippen molar-refractivity contribution in [1.29, 1.82) is 0 Å². The van der Waals surface area contributed by atoms with E-state index in [0.717, 1.165) is 6.42 Å². The van der Waals surface area contributed by atoms with Gasteiger partial charge in [-0.1, -0.05) is 46.5 Å². The second-order valence-electron chi connectivity index (χ2n) is 4.99. The van der Waals surface area contributed by atoms with Crippen LogP contribution in [0.25, 0.3) is 0 Å². The van der Waals surface area contributed by atoms with Gasteiger partial charge in [0.1, 0.15) is 5.54 Å². The predicted octanol–water partition coefficient (Wildman–Crippen LogP) is 3.58. The van der Waals surface area contributed by atoms with Crippen LogP contribution in [0, 0.1) is 0 Å². The number of hydrogen-bond donors (Lipinski definition) is 2. The molecule has 0 fully saturated rings. The highest BCUT2D eigenvalue weighted by atomic mass is 16.4. The molecule has 0 heterocycles. The van der Waals surface area contributed by atoms with E-state index in [0.29, 0.717) is 12.8 Å². The minimum Gasteiger partial charge on any atom is -0.480 e. The number of rotatable bonds is 10. The maximum Gasteiger partial charge on any atom is 0.323 e. The van der Waals surface area contributed by atoms with E-state index >= 15 is 0 Å². The Morgan fingerprint density at radius 1 is 1.18 bits per heavy atom. The minimum atomic E-state index is -0.732. The average Bonchev–Trinajstić information content (AvgIpc) is 2.31. The van der Waals surface area contributed by atoms with Crippen molar-refractivity contribution >= 4 is 5.97 Å². The van der Waals surface area contributed by atoms with Crippen molar-refractivity contribution in [3.63, 3.8) is 0 Å². The first-order valence-corrected chi connectivity index (χ1v) is 7.03. The van der Waals surface area contributed by atoms with Crippen LogP contribution >= 0.6 is 0 Å². The van der Waals surface area contributed by atoms with Gasteiger partial charge in [-0.3, -0.25) is 10.1 Å². The Morgan fingerprint density at radius 2 is 1.76 bits per heavy atom. The lowest BCUT2D eigenvalue weighted by Gasteiger charge is -2.31. The summed E-state index contributed by atoms with van der Waals surface area (Å²) in [4.78, 5) is 11.3. The summed E-state index contributed by atoms with van der Waals surface area (Å²) in [5.41, 5.74) is -0.732. The van der Waals surface area contributed by atoms with Crippen molar-refractivity contribution in [3.8, 4) is 0 Å². The van der Waals surface area contributed by atoms with Gasteiger partial charge in [0.2, 0.25) is 0 Å². The fourth-order valence-corrected chi connectivity index (χ4v) is 2.24. The molecule has 0 aliphatic carbocycles. The average molecular weight is 243 g/mol. The molecule has 0 aromatic rings. The van der Waals surface area contributed by atoms with Gasteiger partial charge in [0, 0.05) is 6.04 Å². The number of nitrogens with one attached hydrogen (secondary N) is 1. The van der Waals surface area contributed by atoms with E-state index in [9.17, 15) is 9.90 Å². The summed E-state index contributed by atoms with van der Waals surface area (Å²) in [5, 5.41) is 12.6. The molecule has 0 aliphatic rings. The molecule has 0 aromatic carbocycles. The van der Waals surface area contributed by atoms with Gasteiger partial charge in [0.05, 0.1) is 0 Å². The molecule has 0 saturated carbocycles. The number of hydrogen-bond acceptors (Lipinski definition) is 2. The van der Waals surface area contributed by atoms with Crippen molar-refractivity contribution in [2.45, 2.75) is 84.2 Å². The van der Waals surface area contributed by atoms with Crippen LogP contribution in [0.2, 0.25) is 0 Å². The lowest BCUT2D eigenvalue weighted by molar-refractivity contribution is -0.145. The van der Waals surface area contributed by atoms with Gasteiger partial charge < -0.3 is 5.11 Å². The van der Waals surface area contributed by atoms with Crippen LogP contribution < -0.4 is 5.32 Å². The molecular formula is C14H29NO2. The zero-order chi connectivity index (χ0) is 13.3. The molecule has 17 heavy (non-hydrogen) atoms. The molecule has 0 radical (unpaired) electrons. The zero-order valence-corrected chi connectivity index (χ0v) is 11.9. The van der Waals surface area contributed by atoms with Gasteiger partial charge in [-0.25, -0.2) is 0 Å². The third-order valence-electron chi connectivity index (χ3n) is 3.63. The van der Waals surface area contributed by atoms with E-state index in [1.54, 1.807) is 0 Å². The third-order valence-corrected chi connectivity index (χ3v) is 3.63. The Balaban J connectivity index is 4.13. The largest absolute Gasteiger partial charge is 0.480 e. The third kappa shape index (κ3) is 5.53. The molecule has 0 rings (SSSR count). The van der Waals surface area contributed by atoms with Gasteiger partial charge in [0.25, 0.3) is 0 Å². The van der Waals surface area contributed by atoms with E-state index in [-0.39, 0.29) is 6.04 Å². The number of aliphatic carboxylic acids is 1. The van der Waals surface area contributed by atoms with E-state index in [1.165, 1.54) is 25.7 Å². The molecular weight excluding hydrogens is 214 g/mol. The van der Waals surface area contributed by atoms with Crippen molar-refractivity contribution < 1.29 is 9.90 Å². The Labute approximate surface area is 106 Å². The summed E-state index contributed by atoms with van der Waals surface area (Å²) in [6, 6.07) is 0.280. The molecule has 0 spiro atoms. The first-order valence-electron chi connectivity index (χ1n) is 7.03. The molecule has 0 bridgehead atoms. The normalized spacial score (nSPS) is 13.6. The van der Waals surface area contributed by atoms with Crippen LogP contribution in [-0.2, 0) is 4.79 Å². The Kier molecular flexibility index (Phi) is 8.23. The lowest BCUT2D eigenvalue weighted by atomic mass is 9.91. The van der Waals surface area contributed by atoms with E-state index in [4.69, 9.17) is 0 Å². The number of carboxylic acids is 1. The fourth-order valence-electron chi connectivity index (χ4n) is 2.24. The molecule has 0 amide bonds. The monoisotopic (exact) mass is 243 g/mol. The number of carbonyl (C=O) groups is 1. The predicted molar refractivity (Wildman–Crippen MR) is 72.3 cm³/mol. The first kappa shape index (κ1) is 16.4. The molecule has 1 unspecified atom stereocenters. The zero-order valence-electron chi connectivity index (χ0n) is 11.9. The SMILES string of the molecule is CCCCCCC(C)NC(CC)(CC)C(=O)O. The summed E-state index contributed by atoms with van der Waals surface area (Å²) in [7, 11) is 0. The van der Waals surface area contributed by atoms with Crippen LogP contribution in [0.5, 0.6) is 0 Å². The van der Waals surface area contributed by atoms with E-state index < -0.39 is 11.5 Å². The molecule has 0 saturated heterocycles. The Bertz CT molecular complexity index is 212. The fraction of sp³-hybridized carbons (Fsp3) is 0.929. The Morgan fingerprint density at radius 3 is 2.18 bits per heavy atom. The molecule has 2 N–H and O–H groups in total. The lowest BCUT2D eigenvalue weighted by Crippen LogP contribution is -2.54. The second-order valence-corrected chi connectivity index (χ2v) is 4.99. The van der Waals surface area contributed by atoms with E-state index in [2.05, 4.69) is 19.2 Å². The topological polar surface area (TPSA) is 49.3 Å². The van der Waals surface area contributed by atoms with Gasteiger partial charge in [-0.15, -0.1) is 0 Å². The van der Waals surface area contributed by atoms with Gasteiger partial charge in [-0.05, 0) is 26.2 Å². The summed E-state index contributed by atoms with van der Waals surface area (Å²) >= 11 is 0. The van der Waals surface area contributed by atoms with Gasteiger partial charge in [0.15, 0.2) is 0 Å². The van der Waals surface area contributed by atoms with Crippen molar-refractivity contribution in [2.24, 2.45) is 0 Å². The van der Waals surface area contributed by atoms with Crippen LogP contribution in [-0.4, -0.2) is 22.7 Å². The second kappa shape index (κ2) is 8.51. The van der Waals surface area contributed by atoms with Crippen molar-refractivity contribution in [3.05, 3.63) is 0 Å². The highest BCUT2D eigenvalue weighted by Crippen LogP contribution is 2.18. The van der Waals surface area contributed by atoms with E-state index in [1.807, 2.05) is 13.8 Å². The Hall–Kier alpha value is -0.570. The molecule has 3 heteroatoms. The van der Waals surface area contributed by atoms with Crippen LogP contribution in [0.15, 0.2) is 0 Å². The maximum absolute atomic E-state index is 11.3. The highest BCUT2D eigenvalue weighted by molar-refractivity contribution is 5.78. The number of carboxylic acid groups (broad SMARTS) is 1. The summed E-state index contributed by atoms with van der Waals surface area (Å²) in [6.07, 6.45) is 7.29. The number of unbranched alkanes of at least 4 members (excludes halogenated alkanes) is 3. The van der Waals surface area contributed by atoms with Gasteiger partial charge in [-0.2, -0.15) is 0 Å². The molecule has 0 aliphatic heterocycles. The maximum atomic E-state index is 11.3. The standard InChI is InChI=1S/C14H29NO2/c1-5-8-9-10-11-12(4)15-14(6-2,7-3)13(16)17/h12,15H,5-11H2,1-4H3,(H,16,17). The molecule has 102 valence electrons. The first-order chi connectivity index (χ1) is 8.02. The van der Waals surface area contributed by atoms with Crippen LogP contribution in [0.1, 0.15) is 72.6 Å². The molecule has 3 nitrogen and oxygen atoms in total. The van der Waals surface area contributed by atoms with Crippen molar-refractivity contribution in [2.75, 3.05) is 0 Å². The van der Waals surface area contributed by atoms with Gasteiger partial charge >= 0.3 is 5.97 Å². The quantitative estimate of drug-likeness (QED) is 0.577. The van der Waals surface area contributed by atoms with Crippen molar-refractivity contribution in [1.82, 2.24) is 5.32 Å². The molecule has 1 atom stereocenters. The highest BCUT2D eigenvalue weighted by Gasteiger charge is 2.35. The smallest absolute Gasteiger partial charge is 0.323 e. The van der Waals surface area contributed by atoms with Crippen LogP contribution in [0.3, 0.4) is 0 Å². The van der Waals surface area contributed by atoms with Crippen LogP contribution in [0.4, 0.5) is 0 Å². The molecule has 0 aromatic heterocycles. The summed E-state index contributed by atoms with van der Waals surface area (Å²) in [5.74, 6) is -0.720. The summed E-state index contributed by atoms with van der Waals surface area (Å²) < 4.78 is 0.